The van der Waals surface area contributed by atoms with Crippen LogP contribution in [0.1, 0.15) is 46.3 Å². The highest BCUT2D eigenvalue weighted by atomic mass is 16.5. The lowest BCUT2D eigenvalue weighted by molar-refractivity contribution is -0.116. The van der Waals surface area contributed by atoms with E-state index in [9.17, 15) is 14.7 Å². The number of hydrogen-bond donors (Lipinski definition) is 2. The van der Waals surface area contributed by atoms with Crippen LogP contribution in [0.3, 0.4) is 0 Å². The maximum atomic E-state index is 13.6. The first kappa shape index (κ1) is 22.5. The van der Waals surface area contributed by atoms with Crippen molar-refractivity contribution in [2.45, 2.75) is 24.8 Å². The Morgan fingerprint density at radius 1 is 1.03 bits per heavy atom. The van der Waals surface area contributed by atoms with Crippen LogP contribution in [0.5, 0.6) is 17.2 Å². The van der Waals surface area contributed by atoms with Crippen LogP contribution < -0.4 is 19.5 Å². The molecule has 0 unspecified atom stereocenters. The zero-order chi connectivity index (χ0) is 24.7. The number of carbonyl (C=O) groups is 2. The number of rotatable bonds is 6. The van der Waals surface area contributed by atoms with Gasteiger partial charge in [-0.3, -0.25) is 4.79 Å². The summed E-state index contributed by atoms with van der Waals surface area (Å²) in [5.74, 6) is 0.927. The van der Waals surface area contributed by atoms with E-state index in [1.54, 1.807) is 38.1 Å². The number of carboxylic acid groups (broad SMARTS) is 1. The Kier molecular flexibility index (Phi) is 5.64. The molecule has 2 aliphatic rings. The number of benzene rings is 2. The summed E-state index contributed by atoms with van der Waals surface area (Å²) in [5, 5.41) is 16.9. The van der Waals surface area contributed by atoms with Crippen molar-refractivity contribution < 1.29 is 28.9 Å². The van der Waals surface area contributed by atoms with Crippen LogP contribution in [-0.4, -0.2) is 53.0 Å². The standard InChI is InChI=1S/C25H24N4O6/c1-33-19-10-16(11-20(34-2)23(19)35-3)15-8-17-21(18(30)9-15)22(29-25(28-17)26-12-27-29)13-4-6-14(7-5-13)24(31)32/h4-7,10-12,15,22H,8-9H2,1-3H3,(H,31,32)(H,26,27,28)/t15-,22-/m0/s1. The summed E-state index contributed by atoms with van der Waals surface area (Å²) in [6.07, 6.45) is 2.28. The lowest BCUT2D eigenvalue weighted by atomic mass is 9.77. The predicted molar refractivity (Wildman–Crippen MR) is 125 cm³/mol. The number of aromatic nitrogens is 3. The summed E-state index contributed by atoms with van der Waals surface area (Å²) in [6.45, 7) is 0. The molecule has 2 heterocycles. The van der Waals surface area contributed by atoms with Crippen LogP contribution in [0.15, 0.2) is 54.0 Å². The molecule has 180 valence electrons. The number of ether oxygens (including phenoxy) is 3. The molecule has 0 saturated heterocycles. The van der Waals surface area contributed by atoms with E-state index in [0.29, 0.717) is 35.2 Å². The second-order valence-corrected chi connectivity index (χ2v) is 8.36. The number of fused-ring (bicyclic) bond motifs is 1. The second-order valence-electron chi connectivity index (χ2n) is 8.36. The van der Waals surface area contributed by atoms with Crippen LogP contribution in [0, 0.1) is 0 Å². The van der Waals surface area contributed by atoms with Crippen LogP contribution >= 0.6 is 0 Å². The third-order valence-electron chi connectivity index (χ3n) is 6.49. The van der Waals surface area contributed by atoms with Crippen molar-refractivity contribution in [1.29, 1.82) is 0 Å². The van der Waals surface area contributed by atoms with Gasteiger partial charge in [-0.1, -0.05) is 12.1 Å². The Labute approximate surface area is 201 Å². The molecule has 1 aromatic heterocycles. The maximum Gasteiger partial charge on any atom is 0.335 e. The highest BCUT2D eigenvalue weighted by Crippen LogP contribution is 2.47. The molecule has 10 heteroatoms. The lowest BCUT2D eigenvalue weighted by Crippen LogP contribution is -2.33. The Bertz CT molecular complexity index is 1320. The van der Waals surface area contributed by atoms with Crippen molar-refractivity contribution in [3.63, 3.8) is 0 Å². The minimum absolute atomic E-state index is 0.0223. The molecular formula is C25H24N4O6. The average Bonchev–Trinajstić information content (AvgIpc) is 3.34. The first-order valence-electron chi connectivity index (χ1n) is 11.0. The van der Waals surface area contributed by atoms with E-state index in [4.69, 9.17) is 14.2 Å². The van der Waals surface area contributed by atoms with E-state index in [-0.39, 0.29) is 23.7 Å². The number of nitrogens with zero attached hydrogens (tertiary/aromatic N) is 3. The molecule has 3 aromatic rings. The largest absolute Gasteiger partial charge is 0.493 e. The first-order valence-corrected chi connectivity index (χ1v) is 11.0. The second kappa shape index (κ2) is 8.79. The van der Waals surface area contributed by atoms with Crippen molar-refractivity contribution in [1.82, 2.24) is 14.8 Å². The van der Waals surface area contributed by atoms with Crippen molar-refractivity contribution in [2.75, 3.05) is 26.6 Å². The fourth-order valence-corrected chi connectivity index (χ4v) is 4.84. The molecule has 1 aliphatic carbocycles. The van der Waals surface area contributed by atoms with Crippen molar-refractivity contribution >= 4 is 17.7 Å². The molecule has 2 N–H and O–H groups in total. The van der Waals surface area contributed by atoms with Gasteiger partial charge in [0.2, 0.25) is 11.7 Å². The minimum atomic E-state index is -1.01. The number of allylic oxidation sites excluding steroid dienone is 2. The van der Waals surface area contributed by atoms with Gasteiger partial charge < -0.3 is 24.6 Å². The molecule has 1 aliphatic heterocycles. The number of nitrogens with one attached hydrogen (secondary N) is 1. The first-order chi connectivity index (χ1) is 16.9. The van der Waals surface area contributed by atoms with Gasteiger partial charge in [0.15, 0.2) is 17.3 Å². The summed E-state index contributed by atoms with van der Waals surface area (Å²) in [7, 11) is 4.67. The number of carbonyl (C=O) groups excluding carboxylic acids is 1. The topological polar surface area (TPSA) is 125 Å². The van der Waals surface area contributed by atoms with E-state index in [0.717, 1.165) is 16.8 Å². The normalized spacial score (nSPS) is 18.9. The number of anilines is 1. The molecule has 0 spiro atoms. The third kappa shape index (κ3) is 3.76. The summed E-state index contributed by atoms with van der Waals surface area (Å²) in [4.78, 5) is 29.2. The fraction of sp³-hybridized carbons (Fsp3) is 0.280. The summed E-state index contributed by atoms with van der Waals surface area (Å²) >= 11 is 0. The molecule has 10 nitrogen and oxygen atoms in total. The quantitative estimate of drug-likeness (QED) is 0.550. The summed E-state index contributed by atoms with van der Waals surface area (Å²) in [5.41, 5.74) is 3.21. The van der Waals surface area contributed by atoms with Crippen LogP contribution in [0.2, 0.25) is 0 Å². The number of Topliss-reactive ketones (excluding diaryl/α,β-unsaturated/α-hetero) is 1. The molecule has 0 amide bonds. The highest BCUT2D eigenvalue weighted by Gasteiger charge is 2.39. The fourth-order valence-electron chi connectivity index (χ4n) is 4.84. The summed E-state index contributed by atoms with van der Waals surface area (Å²) in [6, 6.07) is 9.74. The average molecular weight is 476 g/mol. The van der Waals surface area contributed by atoms with Gasteiger partial charge in [0.1, 0.15) is 12.4 Å². The zero-order valence-electron chi connectivity index (χ0n) is 19.4. The molecule has 2 atom stereocenters. The van der Waals surface area contributed by atoms with Crippen molar-refractivity contribution in [3.05, 3.63) is 70.7 Å². The molecular weight excluding hydrogens is 452 g/mol. The summed E-state index contributed by atoms with van der Waals surface area (Å²) < 4.78 is 18.1. The Hall–Kier alpha value is -4.34. The Morgan fingerprint density at radius 2 is 1.71 bits per heavy atom. The lowest BCUT2D eigenvalue weighted by Gasteiger charge is -2.35. The highest BCUT2D eigenvalue weighted by molar-refractivity contribution is 6.00. The molecule has 0 bridgehead atoms. The molecule has 5 rings (SSSR count). The zero-order valence-corrected chi connectivity index (χ0v) is 19.4. The smallest absolute Gasteiger partial charge is 0.335 e. The van der Waals surface area contributed by atoms with Crippen LogP contribution in [0.4, 0.5) is 5.95 Å². The van der Waals surface area contributed by atoms with E-state index < -0.39 is 12.0 Å². The van der Waals surface area contributed by atoms with E-state index in [1.165, 1.54) is 18.5 Å². The van der Waals surface area contributed by atoms with Gasteiger partial charge in [-0.15, -0.1) is 0 Å². The number of ketones is 1. The van der Waals surface area contributed by atoms with Crippen LogP contribution in [0.25, 0.3) is 0 Å². The molecule has 35 heavy (non-hydrogen) atoms. The molecule has 0 saturated carbocycles. The van der Waals surface area contributed by atoms with Gasteiger partial charge in [0.25, 0.3) is 0 Å². The van der Waals surface area contributed by atoms with Gasteiger partial charge >= 0.3 is 5.97 Å². The van der Waals surface area contributed by atoms with Crippen molar-refractivity contribution in [2.24, 2.45) is 0 Å². The van der Waals surface area contributed by atoms with Crippen molar-refractivity contribution in [3.8, 4) is 17.2 Å². The van der Waals surface area contributed by atoms with Gasteiger partial charge in [0, 0.05) is 17.7 Å². The number of carboxylic acids is 1. The van der Waals surface area contributed by atoms with Gasteiger partial charge in [-0.2, -0.15) is 10.1 Å². The van der Waals surface area contributed by atoms with E-state index in [1.807, 2.05) is 12.1 Å². The third-order valence-corrected chi connectivity index (χ3v) is 6.49. The SMILES string of the molecule is COc1cc([C@@H]2CC(=O)C3=C(C2)Nc2ncnn2[C@H]3c2ccc(C(=O)O)cc2)cc(OC)c1OC. The van der Waals surface area contributed by atoms with Crippen LogP contribution in [-0.2, 0) is 4.79 Å². The predicted octanol–water partition coefficient (Wildman–Crippen LogP) is 3.42. The molecule has 0 fully saturated rings. The Morgan fingerprint density at radius 3 is 2.31 bits per heavy atom. The van der Waals surface area contributed by atoms with E-state index >= 15 is 0 Å². The number of aromatic carboxylic acids is 1. The Balaban J connectivity index is 1.56. The molecule has 2 aromatic carbocycles. The van der Waals surface area contributed by atoms with Gasteiger partial charge in [-0.05, 0) is 47.7 Å². The van der Waals surface area contributed by atoms with E-state index in [2.05, 4.69) is 15.4 Å². The minimum Gasteiger partial charge on any atom is -0.493 e. The number of methoxy groups -OCH3 is 3. The number of hydrogen-bond acceptors (Lipinski definition) is 8. The maximum absolute atomic E-state index is 13.6. The monoisotopic (exact) mass is 476 g/mol. The van der Waals surface area contributed by atoms with Gasteiger partial charge in [0.05, 0.1) is 26.9 Å². The molecule has 0 radical (unpaired) electrons. The van der Waals surface area contributed by atoms with Gasteiger partial charge in [-0.25, -0.2) is 9.48 Å².